The lowest BCUT2D eigenvalue weighted by Crippen LogP contribution is -2.41. The van der Waals surface area contributed by atoms with E-state index in [1.54, 1.807) is 0 Å². The second kappa shape index (κ2) is 3.44. The summed E-state index contributed by atoms with van der Waals surface area (Å²) < 4.78 is 5.78. The molecule has 1 unspecified atom stereocenters. The van der Waals surface area contributed by atoms with Gasteiger partial charge in [0.2, 0.25) is 0 Å². The molecular formula is C13H19NO. The van der Waals surface area contributed by atoms with Crippen LogP contribution in [0.4, 0.5) is 5.69 Å². The van der Waals surface area contributed by atoms with Gasteiger partial charge in [-0.3, -0.25) is 0 Å². The standard InChI is InChI=1S/C13H19NO/c1-9-5-6-10-11(7-9)15-8-12(14-10)13(2,3)4/h5-7,12,14H,8H2,1-4H3. The minimum absolute atomic E-state index is 0.225. The van der Waals surface area contributed by atoms with Crippen molar-refractivity contribution in [1.29, 1.82) is 0 Å². The largest absolute Gasteiger partial charge is 0.489 e. The Morgan fingerprint density at radius 2 is 2.07 bits per heavy atom. The summed E-state index contributed by atoms with van der Waals surface area (Å²) in [4.78, 5) is 0. The predicted molar refractivity (Wildman–Crippen MR) is 63.5 cm³/mol. The Hall–Kier alpha value is -1.18. The lowest BCUT2D eigenvalue weighted by Gasteiger charge is -2.36. The van der Waals surface area contributed by atoms with Gasteiger partial charge in [-0.25, -0.2) is 0 Å². The molecule has 0 aliphatic carbocycles. The molecule has 82 valence electrons. The molecule has 2 rings (SSSR count). The van der Waals surface area contributed by atoms with Crippen LogP contribution in [0, 0.1) is 12.3 Å². The van der Waals surface area contributed by atoms with E-state index in [0.29, 0.717) is 6.04 Å². The molecule has 1 aliphatic heterocycles. The Bertz CT molecular complexity index is 365. The van der Waals surface area contributed by atoms with Crippen LogP contribution in [-0.2, 0) is 0 Å². The van der Waals surface area contributed by atoms with Crippen molar-refractivity contribution in [1.82, 2.24) is 0 Å². The molecule has 0 amide bonds. The van der Waals surface area contributed by atoms with Crippen LogP contribution in [0.25, 0.3) is 0 Å². The van der Waals surface area contributed by atoms with E-state index in [4.69, 9.17) is 4.74 Å². The SMILES string of the molecule is Cc1ccc2c(c1)OCC(C(C)(C)C)N2. The Balaban J connectivity index is 2.24. The van der Waals surface area contributed by atoms with Gasteiger partial charge in [-0.1, -0.05) is 26.8 Å². The summed E-state index contributed by atoms with van der Waals surface area (Å²) in [5, 5.41) is 3.54. The first-order valence-electron chi connectivity index (χ1n) is 5.47. The molecule has 1 heterocycles. The van der Waals surface area contributed by atoms with Gasteiger partial charge in [0.05, 0.1) is 11.7 Å². The lowest BCUT2D eigenvalue weighted by molar-refractivity contribution is 0.207. The molecule has 0 fully saturated rings. The van der Waals surface area contributed by atoms with Gasteiger partial charge in [0.25, 0.3) is 0 Å². The van der Waals surface area contributed by atoms with E-state index in [1.165, 1.54) is 5.56 Å². The summed E-state index contributed by atoms with van der Waals surface area (Å²) in [5.41, 5.74) is 2.58. The zero-order valence-corrected chi connectivity index (χ0v) is 9.92. The molecule has 2 heteroatoms. The number of ether oxygens (including phenoxy) is 1. The van der Waals surface area contributed by atoms with Crippen molar-refractivity contribution in [2.24, 2.45) is 5.41 Å². The van der Waals surface area contributed by atoms with Crippen LogP contribution in [-0.4, -0.2) is 12.6 Å². The maximum absolute atomic E-state index is 5.78. The van der Waals surface area contributed by atoms with Gasteiger partial charge in [-0.05, 0) is 30.0 Å². The summed E-state index contributed by atoms with van der Waals surface area (Å²) in [7, 11) is 0. The molecule has 2 nitrogen and oxygen atoms in total. The Labute approximate surface area is 91.6 Å². The van der Waals surface area contributed by atoms with E-state index in [1.807, 2.05) is 0 Å². The second-order valence-corrected chi connectivity index (χ2v) is 5.37. The van der Waals surface area contributed by atoms with Crippen molar-refractivity contribution < 1.29 is 4.74 Å². The van der Waals surface area contributed by atoms with Crippen LogP contribution < -0.4 is 10.1 Å². The predicted octanol–water partition coefficient (Wildman–Crippen LogP) is 3.21. The number of benzene rings is 1. The van der Waals surface area contributed by atoms with Crippen molar-refractivity contribution in [3.63, 3.8) is 0 Å². The number of rotatable bonds is 0. The molecule has 1 atom stereocenters. The highest BCUT2D eigenvalue weighted by molar-refractivity contribution is 5.59. The number of aryl methyl sites for hydroxylation is 1. The van der Waals surface area contributed by atoms with E-state index in [0.717, 1.165) is 18.0 Å². The third kappa shape index (κ3) is 2.09. The van der Waals surface area contributed by atoms with E-state index in [9.17, 15) is 0 Å². The highest BCUT2D eigenvalue weighted by Gasteiger charge is 2.29. The van der Waals surface area contributed by atoms with Crippen molar-refractivity contribution in [2.45, 2.75) is 33.7 Å². The summed E-state index contributed by atoms with van der Waals surface area (Å²) in [5.74, 6) is 0.982. The molecule has 0 radical (unpaired) electrons. The Morgan fingerprint density at radius 3 is 2.73 bits per heavy atom. The zero-order chi connectivity index (χ0) is 11.1. The number of hydrogen-bond donors (Lipinski definition) is 1. The van der Waals surface area contributed by atoms with Gasteiger partial charge in [-0.15, -0.1) is 0 Å². The lowest BCUT2D eigenvalue weighted by atomic mass is 9.86. The molecular weight excluding hydrogens is 186 g/mol. The molecule has 1 aliphatic rings. The Kier molecular flexibility index (Phi) is 2.37. The number of nitrogens with one attached hydrogen (secondary N) is 1. The average Bonchev–Trinajstić information content (AvgIpc) is 2.15. The van der Waals surface area contributed by atoms with Crippen LogP contribution in [0.1, 0.15) is 26.3 Å². The third-order valence-corrected chi connectivity index (χ3v) is 2.92. The van der Waals surface area contributed by atoms with E-state index in [-0.39, 0.29) is 5.41 Å². The van der Waals surface area contributed by atoms with Gasteiger partial charge in [0.1, 0.15) is 12.4 Å². The summed E-state index contributed by atoms with van der Waals surface area (Å²) in [6, 6.07) is 6.68. The van der Waals surface area contributed by atoms with Crippen molar-refractivity contribution >= 4 is 5.69 Å². The molecule has 0 spiro atoms. The van der Waals surface area contributed by atoms with Crippen LogP contribution in [0.3, 0.4) is 0 Å². The normalized spacial score (nSPS) is 20.1. The highest BCUT2D eigenvalue weighted by Crippen LogP contribution is 2.34. The molecule has 0 aromatic heterocycles. The van der Waals surface area contributed by atoms with E-state index < -0.39 is 0 Å². The fraction of sp³-hybridized carbons (Fsp3) is 0.538. The monoisotopic (exact) mass is 205 g/mol. The first kappa shape index (κ1) is 10.3. The molecule has 0 saturated heterocycles. The average molecular weight is 205 g/mol. The van der Waals surface area contributed by atoms with Gasteiger partial charge in [-0.2, -0.15) is 0 Å². The molecule has 1 aromatic carbocycles. The second-order valence-electron chi connectivity index (χ2n) is 5.37. The number of hydrogen-bond acceptors (Lipinski definition) is 2. The van der Waals surface area contributed by atoms with Crippen LogP contribution in [0.5, 0.6) is 5.75 Å². The summed E-state index contributed by atoms with van der Waals surface area (Å²) in [6.07, 6.45) is 0. The highest BCUT2D eigenvalue weighted by atomic mass is 16.5. The topological polar surface area (TPSA) is 21.3 Å². The fourth-order valence-electron chi connectivity index (χ4n) is 1.74. The zero-order valence-electron chi connectivity index (χ0n) is 9.92. The van der Waals surface area contributed by atoms with Gasteiger partial charge in [0, 0.05) is 0 Å². The molecule has 1 N–H and O–H groups in total. The van der Waals surface area contributed by atoms with Crippen LogP contribution in [0.2, 0.25) is 0 Å². The third-order valence-electron chi connectivity index (χ3n) is 2.92. The van der Waals surface area contributed by atoms with Crippen molar-refractivity contribution in [2.75, 3.05) is 11.9 Å². The summed E-state index contributed by atoms with van der Waals surface area (Å²) in [6.45, 7) is 9.52. The molecule has 0 saturated carbocycles. The maximum atomic E-state index is 5.78. The van der Waals surface area contributed by atoms with Gasteiger partial charge >= 0.3 is 0 Å². The quantitative estimate of drug-likeness (QED) is 0.702. The first-order chi connectivity index (χ1) is 6.97. The first-order valence-corrected chi connectivity index (χ1v) is 5.47. The van der Waals surface area contributed by atoms with E-state index >= 15 is 0 Å². The van der Waals surface area contributed by atoms with Crippen LogP contribution >= 0.6 is 0 Å². The number of anilines is 1. The van der Waals surface area contributed by atoms with Crippen LogP contribution in [0.15, 0.2) is 18.2 Å². The van der Waals surface area contributed by atoms with Gasteiger partial charge in [0.15, 0.2) is 0 Å². The molecule has 1 aromatic rings. The Morgan fingerprint density at radius 1 is 1.33 bits per heavy atom. The van der Waals surface area contributed by atoms with Crippen molar-refractivity contribution in [3.05, 3.63) is 23.8 Å². The molecule has 15 heavy (non-hydrogen) atoms. The summed E-state index contributed by atoms with van der Waals surface area (Å²) >= 11 is 0. The minimum Gasteiger partial charge on any atom is -0.489 e. The molecule has 0 bridgehead atoms. The maximum Gasteiger partial charge on any atom is 0.142 e. The van der Waals surface area contributed by atoms with Gasteiger partial charge < -0.3 is 10.1 Å². The number of fused-ring (bicyclic) bond motifs is 1. The smallest absolute Gasteiger partial charge is 0.142 e. The van der Waals surface area contributed by atoms with Crippen molar-refractivity contribution in [3.8, 4) is 5.75 Å². The minimum atomic E-state index is 0.225. The van der Waals surface area contributed by atoms with E-state index in [2.05, 4.69) is 51.2 Å². The fourth-order valence-corrected chi connectivity index (χ4v) is 1.74.